The van der Waals surface area contributed by atoms with Gasteiger partial charge in [-0.2, -0.15) is 0 Å². The highest BCUT2D eigenvalue weighted by Crippen LogP contribution is 1.99. The topological polar surface area (TPSA) is 40.5 Å². The second-order valence-corrected chi connectivity index (χ2v) is 4.49. The van der Waals surface area contributed by atoms with Gasteiger partial charge >= 0.3 is 5.97 Å². The number of rotatable bonds is 10. The van der Waals surface area contributed by atoms with Crippen LogP contribution in [0.25, 0.3) is 0 Å². The first-order valence-electron chi connectivity index (χ1n) is 7.00. The van der Waals surface area contributed by atoms with Crippen molar-refractivity contribution in [3.63, 3.8) is 0 Å². The fraction of sp³-hybridized carbons (Fsp3) is 0.562. The Hall–Kier alpha value is -1.35. The van der Waals surface area contributed by atoms with E-state index in [0.717, 1.165) is 38.9 Å². The predicted molar refractivity (Wildman–Crippen MR) is 81.3 cm³/mol. The van der Waals surface area contributed by atoms with Crippen molar-refractivity contribution in [3.8, 4) is 0 Å². The number of nitrogens with zero attached hydrogens (tertiary/aromatic N) is 1. The molecule has 0 atom stereocenters. The van der Waals surface area contributed by atoms with Gasteiger partial charge in [0.1, 0.15) is 0 Å². The summed E-state index contributed by atoms with van der Waals surface area (Å²) < 4.78 is 0. The van der Waals surface area contributed by atoms with Crippen molar-refractivity contribution in [1.29, 1.82) is 0 Å². The number of hydrogen-bond acceptors (Lipinski definition) is 2. The fourth-order valence-electron chi connectivity index (χ4n) is 1.63. The summed E-state index contributed by atoms with van der Waals surface area (Å²) in [7, 11) is 0. The van der Waals surface area contributed by atoms with Crippen LogP contribution in [0.5, 0.6) is 0 Å². The molecule has 0 saturated carbocycles. The summed E-state index contributed by atoms with van der Waals surface area (Å²) in [6.45, 7) is 8.63. The number of aliphatic carboxylic acids is 1. The molecular weight excluding hydrogens is 238 g/mol. The summed E-state index contributed by atoms with van der Waals surface area (Å²) in [5, 5.41) is 8.75. The minimum absolute atomic E-state index is 0.429. The molecule has 1 N–H and O–H groups in total. The third-order valence-corrected chi connectivity index (χ3v) is 2.95. The summed E-state index contributed by atoms with van der Waals surface area (Å²) in [4.78, 5) is 12.9. The van der Waals surface area contributed by atoms with Crippen LogP contribution in [0, 0.1) is 0 Å². The molecule has 0 radical (unpaired) electrons. The van der Waals surface area contributed by atoms with Gasteiger partial charge in [0.2, 0.25) is 0 Å². The van der Waals surface area contributed by atoms with Gasteiger partial charge in [0.15, 0.2) is 0 Å². The molecule has 0 aromatic heterocycles. The molecule has 0 aliphatic carbocycles. The maximum atomic E-state index is 10.6. The Labute approximate surface area is 117 Å². The zero-order valence-electron chi connectivity index (χ0n) is 12.4. The van der Waals surface area contributed by atoms with Crippen LogP contribution >= 0.6 is 0 Å². The maximum absolute atomic E-state index is 10.6. The summed E-state index contributed by atoms with van der Waals surface area (Å²) >= 11 is 0. The van der Waals surface area contributed by atoms with E-state index in [1.807, 2.05) is 6.92 Å². The van der Waals surface area contributed by atoms with Crippen molar-refractivity contribution in [3.05, 3.63) is 36.0 Å². The average Bonchev–Trinajstić information content (AvgIpc) is 2.40. The van der Waals surface area contributed by atoms with Crippen molar-refractivity contribution < 1.29 is 9.90 Å². The van der Waals surface area contributed by atoms with Gasteiger partial charge < -0.3 is 5.11 Å². The Morgan fingerprint density at radius 2 is 1.84 bits per heavy atom. The second kappa shape index (κ2) is 11.7. The smallest absolute Gasteiger partial charge is 0.330 e. The van der Waals surface area contributed by atoms with E-state index < -0.39 is 5.97 Å². The molecule has 3 heteroatoms. The highest BCUT2D eigenvalue weighted by molar-refractivity contribution is 5.85. The zero-order chi connectivity index (χ0) is 14.5. The molecule has 3 nitrogen and oxygen atoms in total. The number of hydrogen-bond donors (Lipinski definition) is 1. The van der Waals surface area contributed by atoms with E-state index in [0.29, 0.717) is 5.57 Å². The number of carbonyl (C=O) groups is 1. The summed E-state index contributed by atoms with van der Waals surface area (Å²) in [5.74, 6) is -0.827. The Bertz CT molecular complexity index is 330. The summed E-state index contributed by atoms with van der Waals surface area (Å²) in [5.41, 5.74) is 0.429. The van der Waals surface area contributed by atoms with E-state index in [9.17, 15) is 4.79 Å². The largest absolute Gasteiger partial charge is 0.478 e. The molecule has 0 saturated heterocycles. The van der Waals surface area contributed by atoms with Crippen LogP contribution in [0.15, 0.2) is 36.0 Å². The van der Waals surface area contributed by atoms with E-state index in [1.54, 1.807) is 13.0 Å². The van der Waals surface area contributed by atoms with Crippen molar-refractivity contribution in [2.75, 3.05) is 19.6 Å². The molecule has 0 heterocycles. The van der Waals surface area contributed by atoms with E-state index in [-0.39, 0.29) is 0 Å². The van der Waals surface area contributed by atoms with E-state index >= 15 is 0 Å². The van der Waals surface area contributed by atoms with Crippen molar-refractivity contribution in [2.45, 2.75) is 40.0 Å². The molecular formula is C16H27NO2. The molecule has 108 valence electrons. The predicted octanol–water partition coefficient (Wildman–Crippen LogP) is 3.64. The Kier molecular flexibility index (Phi) is 10.9. The molecule has 0 aromatic carbocycles. The SMILES string of the molecule is CC=CCCC=CCN(CC)CCC=C(C)C(=O)O. The van der Waals surface area contributed by atoms with Gasteiger partial charge in [-0.05, 0) is 39.7 Å². The lowest BCUT2D eigenvalue weighted by Gasteiger charge is -2.17. The molecule has 0 rings (SSSR count). The van der Waals surface area contributed by atoms with Crippen LogP contribution in [-0.2, 0) is 4.79 Å². The number of unbranched alkanes of at least 4 members (excludes halogenated alkanes) is 1. The second-order valence-electron chi connectivity index (χ2n) is 4.49. The maximum Gasteiger partial charge on any atom is 0.330 e. The number of likely N-dealkylation sites (N-methyl/N-ethyl adjacent to an activating group) is 1. The van der Waals surface area contributed by atoms with E-state index in [2.05, 4.69) is 36.1 Å². The first kappa shape index (κ1) is 17.6. The van der Waals surface area contributed by atoms with Gasteiger partial charge in [0.25, 0.3) is 0 Å². The minimum Gasteiger partial charge on any atom is -0.478 e. The Balaban J connectivity index is 3.89. The minimum atomic E-state index is -0.827. The van der Waals surface area contributed by atoms with Gasteiger partial charge in [-0.1, -0.05) is 37.3 Å². The summed E-state index contributed by atoms with van der Waals surface area (Å²) in [6.07, 6.45) is 13.4. The zero-order valence-corrected chi connectivity index (χ0v) is 12.4. The van der Waals surface area contributed by atoms with Gasteiger partial charge in [0, 0.05) is 18.7 Å². The van der Waals surface area contributed by atoms with Gasteiger partial charge in [0.05, 0.1) is 0 Å². The average molecular weight is 265 g/mol. The third kappa shape index (κ3) is 10.3. The monoisotopic (exact) mass is 265 g/mol. The van der Waals surface area contributed by atoms with Crippen molar-refractivity contribution in [2.24, 2.45) is 0 Å². The quantitative estimate of drug-likeness (QED) is 0.372. The Morgan fingerprint density at radius 1 is 1.16 bits per heavy atom. The normalized spacial score (nSPS) is 12.9. The highest BCUT2D eigenvalue weighted by Gasteiger charge is 2.01. The van der Waals surface area contributed by atoms with Crippen LogP contribution < -0.4 is 0 Å². The Morgan fingerprint density at radius 3 is 2.42 bits per heavy atom. The lowest BCUT2D eigenvalue weighted by atomic mass is 10.2. The fourth-order valence-corrected chi connectivity index (χ4v) is 1.63. The number of carboxylic acid groups (broad SMARTS) is 1. The molecule has 0 bridgehead atoms. The first-order valence-corrected chi connectivity index (χ1v) is 7.00. The van der Waals surface area contributed by atoms with Crippen molar-refractivity contribution >= 4 is 5.97 Å². The van der Waals surface area contributed by atoms with Gasteiger partial charge in [-0.25, -0.2) is 4.79 Å². The molecule has 19 heavy (non-hydrogen) atoms. The summed E-state index contributed by atoms with van der Waals surface area (Å²) in [6, 6.07) is 0. The van der Waals surface area contributed by atoms with Gasteiger partial charge in [-0.3, -0.25) is 4.90 Å². The standard InChI is InChI=1S/C16H27NO2/c1-4-6-7-8-9-10-13-17(5-2)14-11-12-15(3)16(18)19/h4,6,9-10,12H,5,7-8,11,13-14H2,1-3H3,(H,18,19). The van der Waals surface area contributed by atoms with E-state index in [1.165, 1.54) is 0 Å². The molecule has 0 fully saturated rings. The lowest BCUT2D eigenvalue weighted by Crippen LogP contribution is -2.24. The molecule has 0 amide bonds. The number of carboxylic acids is 1. The first-order chi connectivity index (χ1) is 9.11. The lowest BCUT2D eigenvalue weighted by molar-refractivity contribution is -0.132. The van der Waals surface area contributed by atoms with E-state index in [4.69, 9.17) is 5.11 Å². The van der Waals surface area contributed by atoms with Gasteiger partial charge in [-0.15, -0.1) is 0 Å². The van der Waals surface area contributed by atoms with Crippen LogP contribution in [0.4, 0.5) is 0 Å². The molecule has 0 unspecified atom stereocenters. The highest BCUT2D eigenvalue weighted by atomic mass is 16.4. The van der Waals surface area contributed by atoms with Crippen LogP contribution in [0.2, 0.25) is 0 Å². The van der Waals surface area contributed by atoms with Crippen LogP contribution in [-0.4, -0.2) is 35.6 Å². The van der Waals surface area contributed by atoms with Crippen LogP contribution in [0.1, 0.15) is 40.0 Å². The molecule has 0 aliphatic heterocycles. The van der Waals surface area contributed by atoms with Crippen LogP contribution in [0.3, 0.4) is 0 Å². The third-order valence-electron chi connectivity index (χ3n) is 2.95. The number of allylic oxidation sites excluding steroid dienone is 3. The van der Waals surface area contributed by atoms with Crippen molar-refractivity contribution in [1.82, 2.24) is 4.90 Å². The molecule has 0 spiro atoms. The molecule has 0 aliphatic rings. The molecule has 0 aromatic rings.